The Kier molecular flexibility index (Phi) is 4.91. The number of hydrogen-bond donors (Lipinski definition) is 2. The molecule has 0 radical (unpaired) electrons. The van der Waals surface area contributed by atoms with Crippen molar-refractivity contribution in [2.75, 3.05) is 0 Å². The lowest BCUT2D eigenvalue weighted by Crippen LogP contribution is -2.29. The van der Waals surface area contributed by atoms with E-state index in [1.54, 1.807) is 0 Å². The zero-order valence-electron chi connectivity index (χ0n) is 11.8. The summed E-state index contributed by atoms with van der Waals surface area (Å²) in [7, 11) is 0. The molecule has 2 unspecified atom stereocenters. The predicted molar refractivity (Wildman–Crippen MR) is 83.2 cm³/mol. The van der Waals surface area contributed by atoms with E-state index in [0.717, 1.165) is 17.3 Å². The lowest BCUT2D eigenvalue weighted by molar-refractivity contribution is 0.101. The van der Waals surface area contributed by atoms with E-state index in [0.29, 0.717) is 23.1 Å². The number of amidine groups is 1. The van der Waals surface area contributed by atoms with Crippen molar-refractivity contribution < 1.29 is 9.94 Å². The number of rotatable bonds is 3. The molecule has 0 bridgehead atoms. The molecular formula is C15H21BrN2O2. The van der Waals surface area contributed by atoms with Gasteiger partial charge in [0.05, 0.1) is 11.7 Å². The Labute approximate surface area is 128 Å². The summed E-state index contributed by atoms with van der Waals surface area (Å²) < 4.78 is 6.90. The van der Waals surface area contributed by atoms with E-state index in [1.807, 2.05) is 18.2 Å². The predicted octanol–water partition coefficient (Wildman–Crippen LogP) is 3.75. The van der Waals surface area contributed by atoms with E-state index in [4.69, 9.17) is 15.7 Å². The molecule has 1 aliphatic carbocycles. The van der Waals surface area contributed by atoms with Crippen molar-refractivity contribution in [1.29, 1.82) is 0 Å². The molecule has 2 atom stereocenters. The molecule has 1 aliphatic rings. The largest absolute Gasteiger partial charge is 0.490 e. The number of halogens is 1. The molecule has 2 rings (SSSR count). The van der Waals surface area contributed by atoms with Gasteiger partial charge in [-0.3, -0.25) is 0 Å². The van der Waals surface area contributed by atoms with E-state index in [1.165, 1.54) is 6.42 Å². The molecule has 0 aliphatic heterocycles. The van der Waals surface area contributed by atoms with Crippen LogP contribution < -0.4 is 10.5 Å². The van der Waals surface area contributed by atoms with Crippen LogP contribution in [0.15, 0.2) is 27.8 Å². The van der Waals surface area contributed by atoms with Gasteiger partial charge in [0.15, 0.2) is 5.84 Å². The second-order valence-electron chi connectivity index (χ2n) is 5.76. The highest BCUT2D eigenvalue weighted by atomic mass is 79.9. The van der Waals surface area contributed by atoms with Crippen LogP contribution in [-0.4, -0.2) is 17.1 Å². The summed E-state index contributed by atoms with van der Waals surface area (Å²) >= 11 is 3.43. The first kappa shape index (κ1) is 15.2. The quantitative estimate of drug-likeness (QED) is 0.381. The molecule has 3 N–H and O–H groups in total. The molecule has 1 aromatic rings. The van der Waals surface area contributed by atoms with Gasteiger partial charge in [-0.15, -0.1) is 0 Å². The average molecular weight is 341 g/mol. The first-order valence-corrected chi connectivity index (χ1v) is 7.73. The van der Waals surface area contributed by atoms with Gasteiger partial charge in [0, 0.05) is 4.47 Å². The smallest absolute Gasteiger partial charge is 0.174 e. The number of benzene rings is 1. The lowest BCUT2D eigenvalue weighted by Gasteiger charge is -2.32. The third-order valence-electron chi connectivity index (χ3n) is 3.77. The number of nitrogens with zero attached hydrogens (tertiary/aromatic N) is 1. The summed E-state index contributed by atoms with van der Waals surface area (Å²) in [5.74, 6) is 2.07. The summed E-state index contributed by atoms with van der Waals surface area (Å²) in [5.41, 5.74) is 6.36. The minimum absolute atomic E-state index is 0.0596. The minimum atomic E-state index is 0.0596. The maximum atomic E-state index is 8.91. The molecule has 110 valence electrons. The molecule has 0 amide bonds. The molecule has 4 nitrogen and oxygen atoms in total. The van der Waals surface area contributed by atoms with Crippen molar-refractivity contribution in [1.82, 2.24) is 0 Å². The second-order valence-corrected chi connectivity index (χ2v) is 6.61. The van der Waals surface area contributed by atoms with Crippen LogP contribution in [0.5, 0.6) is 5.75 Å². The van der Waals surface area contributed by atoms with E-state index in [9.17, 15) is 0 Å². The van der Waals surface area contributed by atoms with Crippen LogP contribution in [0.1, 0.15) is 38.7 Å². The summed E-state index contributed by atoms with van der Waals surface area (Å²) in [6, 6.07) is 5.61. The van der Waals surface area contributed by atoms with E-state index in [-0.39, 0.29) is 11.9 Å². The van der Waals surface area contributed by atoms with Crippen LogP contribution in [0.2, 0.25) is 0 Å². The molecule has 5 heteroatoms. The Hall–Kier alpha value is -1.23. The first-order chi connectivity index (χ1) is 9.51. The van der Waals surface area contributed by atoms with Gasteiger partial charge in [-0.1, -0.05) is 25.1 Å². The van der Waals surface area contributed by atoms with Gasteiger partial charge in [0.2, 0.25) is 0 Å². The zero-order chi connectivity index (χ0) is 14.7. The normalized spacial score (nSPS) is 27.4. The van der Waals surface area contributed by atoms with Gasteiger partial charge in [0.25, 0.3) is 0 Å². The van der Waals surface area contributed by atoms with E-state index < -0.39 is 0 Å². The highest BCUT2D eigenvalue weighted by Gasteiger charge is 2.26. The van der Waals surface area contributed by atoms with Gasteiger partial charge >= 0.3 is 0 Å². The maximum Gasteiger partial charge on any atom is 0.174 e. The fourth-order valence-corrected chi connectivity index (χ4v) is 3.60. The van der Waals surface area contributed by atoms with Gasteiger partial charge in [-0.2, -0.15) is 0 Å². The highest BCUT2D eigenvalue weighted by Crippen LogP contribution is 2.34. The fraction of sp³-hybridized carbons (Fsp3) is 0.533. The summed E-state index contributed by atoms with van der Waals surface area (Å²) in [4.78, 5) is 0. The Morgan fingerprint density at radius 3 is 2.55 bits per heavy atom. The Morgan fingerprint density at radius 2 is 1.95 bits per heavy atom. The molecule has 1 aromatic carbocycles. The van der Waals surface area contributed by atoms with Crippen molar-refractivity contribution in [3.8, 4) is 5.75 Å². The number of hydrogen-bond acceptors (Lipinski definition) is 3. The summed E-state index contributed by atoms with van der Waals surface area (Å²) in [6.45, 7) is 4.52. The van der Waals surface area contributed by atoms with Crippen LogP contribution in [0.4, 0.5) is 0 Å². The molecule has 1 saturated carbocycles. The Balaban J connectivity index is 2.23. The van der Waals surface area contributed by atoms with Crippen LogP contribution >= 0.6 is 15.9 Å². The van der Waals surface area contributed by atoms with Crippen molar-refractivity contribution in [2.24, 2.45) is 22.7 Å². The van der Waals surface area contributed by atoms with Crippen LogP contribution in [0, 0.1) is 11.8 Å². The van der Waals surface area contributed by atoms with Crippen molar-refractivity contribution in [3.05, 3.63) is 28.2 Å². The fourth-order valence-electron chi connectivity index (χ4n) is 3.05. The van der Waals surface area contributed by atoms with Crippen LogP contribution in [-0.2, 0) is 0 Å². The average Bonchev–Trinajstić information content (AvgIpc) is 2.37. The van der Waals surface area contributed by atoms with E-state index >= 15 is 0 Å². The van der Waals surface area contributed by atoms with Crippen LogP contribution in [0.25, 0.3) is 0 Å². The standard InChI is InChI=1S/C15H21BrN2O2/c1-9-6-10(2)8-11(7-9)20-13-5-3-4-12(16)14(13)15(17)18-19/h3-5,9-11,19H,6-8H2,1-2H3,(H2,17,18). The van der Waals surface area contributed by atoms with Gasteiger partial charge in [-0.25, -0.2) is 0 Å². The molecule has 0 spiro atoms. The SMILES string of the molecule is CC1CC(C)CC(Oc2cccc(Br)c2/C(N)=N/O)C1. The summed E-state index contributed by atoms with van der Waals surface area (Å²) in [5, 5.41) is 12.0. The zero-order valence-corrected chi connectivity index (χ0v) is 13.4. The van der Waals surface area contributed by atoms with Gasteiger partial charge < -0.3 is 15.7 Å². The molecule has 0 aromatic heterocycles. The molecule has 20 heavy (non-hydrogen) atoms. The Bertz CT molecular complexity index is 495. The highest BCUT2D eigenvalue weighted by molar-refractivity contribution is 9.10. The topological polar surface area (TPSA) is 67.8 Å². The number of nitrogens with two attached hydrogens (primary N) is 1. The molecular weight excluding hydrogens is 320 g/mol. The third-order valence-corrected chi connectivity index (χ3v) is 4.43. The maximum absolute atomic E-state index is 8.91. The van der Waals surface area contributed by atoms with Gasteiger partial charge in [-0.05, 0) is 59.2 Å². The Morgan fingerprint density at radius 1 is 1.30 bits per heavy atom. The molecule has 1 fully saturated rings. The minimum Gasteiger partial charge on any atom is -0.490 e. The number of ether oxygens (including phenoxy) is 1. The number of oxime groups is 1. The second kappa shape index (κ2) is 6.48. The molecule has 0 saturated heterocycles. The van der Waals surface area contributed by atoms with E-state index in [2.05, 4.69) is 34.9 Å². The van der Waals surface area contributed by atoms with Crippen LogP contribution in [0.3, 0.4) is 0 Å². The third kappa shape index (κ3) is 3.45. The lowest BCUT2D eigenvalue weighted by atomic mass is 9.82. The first-order valence-electron chi connectivity index (χ1n) is 6.94. The van der Waals surface area contributed by atoms with Crippen molar-refractivity contribution in [2.45, 2.75) is 39.2 Å². The van der Waals surface area contributed by atoms with Crippen molar-refractivity contribution >= 4 is 21.8 Å². The van der Waals surface area contributed by atoms with Crippen molar-refractivity contribution in [3.63, 3.8) is 0 Å². The monoisotopic (exact) mass is 340 g/mol. The summed E-state index contributed by atoms with van der Waals surface area (Å²) in [6.07, 6.45) is 3.54. The van der Waals surface area contributed by atoms with Gasteiger partial charge in [0.1, 0.15) is 5.75 Å². The molecule has 0 heterocycles.